The molecule has 1 aromatic rings. The highest BCUT2D eigenvalue weighted by Crippen LogP contribution is 2.37. The first kappa shape index (κ1) is 4.86. The molecule has 3 rings (SSSR count). The summed E-state index contributed by atoms with van der Waals surface area (Å²) in [5.74, 6) is 1.13. The number of rotatable bonds is 0. The van der Waals surface area contributed by atoms with Crippen LogP contribution in [0.1, 0.15) is 15.2 Å². The minimum Gasteiger partial charge on any atom is -0.454 e. The third kappa shape index (κ3) is 1.00. The molecule has 2 aliphatic rings. The van der Waals surface area contributed by atoms with Crippen LogP contribution in [0.4, 0.5) is 0 Å². The van der Waals surface area contributed by atoms with Crippen molar-refractivity contribution in [1.82, 2.24) is 0 Å². The second kappa shape index (κ2) is 2.39. The molecular weight excluding hydrogens is 166 g/mol. The van der Waals surface area contributed by atoms with Gasteiger partial charge in [-0.05, 0) is 36.1 Å². The average molecular weight is 180 g/mol. The van der Waals surface area contributed by atoms with Crippen LogP contribution in [0.5, 0.6) is 11.5 Å². The summed E-state index contributed by atoms with van der Waals surface area (Å²) in [6.07, 6.45) is -1.67. The van der Waals surface area contributed by atoms with Gasteiger partial charge in [-0.15, -0.1) is 0 Å². The molecule has 0 saturated heterocycles. The maximum Gasteiger partial charge on any atom is 0.231 e. The summed E-state index contributed by atoms with van der Waals surface area (Å²) in [6.45, 7) is 0.163. The monoisotopic (exact) mass is 180 g/mol. The minimum atomic E-state index is -1.86. The lowest BCUT2D eigenvalue weighted by Crippen LogP contribution is -2.19. The SMILES string of the molecule is [2H]C1([2H])c2cc3c(cc2C[C@]1([2H])N)OCO3. The summed E-state index contributed by atoms with van der Waals surface area (Å²) in [5, 5.41) is 0. The first-order valence-electron chi connectivity index (χ1n) is 5.64. The number of hydrogen-bond donors (Lipinski definition) is 1. The van der Waals surface area contributed by atoms with Crippen LogP contribution in [0.3, 0.4) is 0 Å². The zero-order chi connectivity index (χ0) is 11.6. The van der Waals surface area contributed by atoms with Crippen LogP contribution in [0.25, 0.3) is 0 Å². The second-order valence-corrected chi connectivity index (χ2v) is 3.19. The molecule has 3 nitrogen and oxygen atoms in total. The van der Waals surface area contributed by atoms with E-state index in [9.17, 15) is 0 Å². The zero-order valence-electron chi connectivity index (χ0n) is 9.96. The molecule has 1 aliphatic carbocycles. The molecule has 1 atom stereocenters. The van der Waals surface area contributed by atoms with Crippen LogP contribution in [-0.2, 0) is 12.8 Å². The Morgan fingerprint density at radius 1 is 1.38 bits per heavy atom. The van der Waals surface area contributed by atoms with Crippen LogP contribution in [0, 0.1) is 0 Å². The third-order valence-electron chi connectivity index (χ3n) is 2.27. The summed E-state index contributed by atoms with van der Waals surface area (Å²) in [4.78, 5) is 0. The van der Waals surface area contributed by atoms with Crippen molar-refractivity contribution in [2.75, 3.05) is 6.79 Å². The average Bonchev–Trinajstić information content (AvgIpc) is 2.67. The molecule has 0 spiro atoms. The van der Waals surface area contributed by atoms with E-state index in [2.05, 4.69) is 0 Å². The molecule has 68 valence electrons. The highest BCUT2D eigenvalue weighted by molar-refractivity contribution is 5.50. The molecule has 1 heterocycles. The minimum absolute atomic E-state index is 0.163. The maximum absolute atomic E-state index is 7.89. The zero-order valence-corrected chi connectivity index (χ0v) is 6.96. The molecule has 1 aliphatic heterocycles. The topological polar surface area (TPSA) is 44.5 Å². The quantitative estimate of drug-likeness (QED) is 0.643. The Hall–Kier alpha value is -1.22. The van der Waals surface area contributed by atoms with Gasteiger partial charge in [-0.3, -0.25) is 0 Å². The summed E-state index contributed by atoms with van der Waals surface area (Å²) in [7, 11) is 0. The molecular formula is C10H11NO2. The molecule has 0 saturated carbocycles. The van der Waals surface area contributed by atoms with Crippen LogP contribution in [-0.4, -0.2) is 12.8 Å². The summed E-state index contributed by atoms with van der Waals surface area (Å²) >= 11 is 0. The molecule has 13 heavy (non-hydrogen) atoms. The van der Waals surface area contributed by atoms with Crippen LogP contribution in [0.2, 0.25) is 0 Å². The Morgan fingerprint density at radius 2 is 2.08 bits per heavy atom. The van der Waals surface area contributed by atoms with E-state index in [-0.39, 0.29) is 13.2 Å². The van der Waals surface area contributed by atoms with Gasteiger partial charge >= 0.3 is 0 Å². The van der Waals surface area contributed by atoms with Gasteiger partial charge in [0.15, 0.2) is 11.5 Å². The third-order valence-corrected chi connectivity index (χ3v) is 2.27. The first-order chi connectivity index (χ1) is 7.42. The van der Waals surface area contributed by atoms with Crippen molar-refractivity contribution < 1.29 is 13.6 Å². The van der Waals surface area contributed by atoms with Crippen molar-refractivity contribution in [2.24, 2.45) is 5.73 Å². The van der Waals surface area contributed by atoms with Gasteiger partial charge in [0.1, 0.15) is 0 Å². The number of ether oxygens (including phenoxy) is 2. The fourth-order valence-electron chi connectivity index (χ4n) is 1.67. The summed E-state index contributed by atoms with van der Waals surface area (Å²) in [6, 6.07) is 1.70. The Morgan fingerprint density at radius 3 is 2.85 bits per heavy atom. The van der Waals surface area contributed by atoms with E-state index in [0.29, 0.717) is 17.1 Å². The van der Waals surface area contributed by atoms with Gasteiger partial charge in [-0.2, -0.15) is 0 Å². The summed E-state index contributed by atoms with van der Waals surface area (Å²) in [5.41, 5.74) is 6.84. The van der Waals surface area contributed by atoms with Gasteiger partial charge in [0.2, 0.25) is 6.79 Å². The van der Waals surface area contributed by atoms with Gasteiger partial charge < -0.3 is 15.2 Å². The van der Waals surface area contributed by atoms with Gasteiger partial charge in [0.25, 0.3) is 0 Å². The van der Waals surface area contributed by atoms with Crippen molar-refractivity contribution >= 4 is 0 Å². The van der Waals surface area contributed by atoms with E-state index in [1.807, 2.05) is 0 Å². The van der Waals surface area contributed by atoms with Crippen molar-refractivity contribution in [3.05, 3.63) is 23.3 Å². The van der Waals surface area contributed by atoms with Gasteiger partial charge in [0.05, 0.1) is 0 Å². The Bertz CT molecular complexity index is 473. The summed E-state index contributed by atoms with van der Waals surface area (Å²) < 4.78 is 34.0. The molecule has 2 N–H and O–H groups in total. The van der Waals surface area contributed by atoms with E-state index in [0.717, 1.165) is 5.56 Å². The van der Waals surface area contributed by atoms with E-state index >= 15 is 0 Å². The number of hydrogen-bond acceptors (Lipinski definition) is 3. The van der Waals surface area contributed by atoms with Crippen molar-refractivity contribution in [3.63, 3.8) is 0 Å². The predicted molar refractivity (Wildman–Crippen MR) is 47.9 cm³/mol. The Labute approximate surface area is 80.7 Å². The number of benzene rings is 1. The fourth-order valence-corrected chi connectivity index (χ4v) is 1.67. The molecule has 0 fully saturated rings. The van der Waals surface area contributed by atoms with E-state index in [4.69, 9.17) is 19.3 Å². The normalized spacial score (nSPS) is 36.2. The fraction of sp³-hybridized carbons (Fsp3) is 0.400. The number of fused-ring (bicyclic) bond motifs is 2. The van der Waals surface area contributed by atoms with E-state index in [1.165, 1.54) is 0 Å². The molecule has 1 aromatic carbocycles. The first-order valence-corrected chi connectivity index (χ1v) is 4.14. The van der Waals surface area contributed by atoms with Gasteiger partial charge in [0, 0.05) is 10.1 Å². The van der Waals surface area contributed by atoms with Gasteiger partial charge in [-0.25, -0.2) is 0 Å². The lowest BCUT2D eigenvalue weighted by molar-refractivity contribution is 0.174. The van der Waals surface area contributed by atoms with E-state index < -0.39 is 12.4 Å². The Balaban J connectivity index is 2.19. The molecule has 0 bridgehead atoms. The largest absolute Gasteiger partial charge is 0.454 e. The van der Waals surface area contributed by atoms with Crippen LogP contribution < -0.4 is 15.2 Å². The predicted octanol–water partition coefficient (Wildman–Crippen LogP) is 0.841. The highest BCUT2D eigenvalue weighted by Gasteiger charge is 2.23. The van der Waals surface area contributed by atoms with Gasteiger partial charge in [-0.1, -0.05) is 0 Å². The van der Waals surface area contributed by atoms with Crippen LogP contribution >= 0.6 is 0 Å². The lowest BCUT2D eigenvalue weighted by Gasteiger charge is -2.00. The molecule has 0 aromatic heterocycles. The smallest absolute Gasteiger partial charge is 0.231 e. The van der Waals surface area contributed by atoms with Crippen molar-refractivity contribution in [3.8, 4) is 11.5 Å². The number of nitrogens with two attached hydrogens (primary N) is 1. The maximum atomic E-state index is 7.89. The second-order valence-electron chi connectivity index (χ2n) is 3.19. The Kier molecular flexibility index (Phi) is 0.893. The molecule has 0 amide bonds. The van der Waals surface area contributed by atoms with Crippen LogP contribution in [0.15, 0.2) is 12.1 Å². The molecule has 0 unspecified atom stereocenters. The molecule has 3 heteroatoms. The standard InChI is InChI=1S/C10H11NO2/c11-8-1-6-3-9-10(13-5-12-9)4-7(6)2-8/h3-4,8H,1-2,5,11H2/i1D2,8D/t8-/m1/s1. The van der Waals surface area contributed by atoms with Crippen molar-refractivity contribution in [1.29, 1.82) is 0 Å². The van der Waals surface area contributed by atoms with E-state index in [1.54, 1.807) is 12.1 Å². The molecule has 0 radical (unpaired) electrons. The lowest BCUT2D eigenvalue weighted by atomic mass is 10.1. The highest BCUT2D eigenvalue weighted by atomic mass is 16.7. The van der Waals surface area contributed by atoms with Crippen molar-refractivity contribution in [2.45, 2.75) is 18.8 Å².